The smallest absolute Gasteiger partial charge is 0.251 e. The van der Waals surface area contributed by atoms with Crippen LogP contribution in [-0.2, 0) is 35.3 Å². The van der Waals surface area contributed by atoms with Crippen molar-refractivity contribution in [3.8, 4) is 16.9 Å². The summed E-state index contributed by atoms with van der Waals surface area (Å²) >= 11 is 0. The van der Waals surface area contributed by atoms with E-state index in [1.165, 1.54) is 10.4 Å². The average molecular weight is 592 g/mol. The minimum atomic E-state index is -3.67. The fourth-order valence-corrected chi connectivity index (χ4v) is 7.76. The predicted octanol–water partition coefficient (Wildman–Crippen LogP) is 4.18. The van der Waals surface area contributed by atoms with Gasteiger partial charge in [0.1, 0.15) is 10.6 Å². The van der Waals surface area contributed by atoms with Crippen molar-refractivity contribution >= 4 is 26.8 Å². The topological polar surface area (TPSA) is 97.5 Å². The number of hydrogen-bond acceptors (Lipinski definition) is 5. The quantitative estimate of drug-likeness (QED) is 0.268. The summed E-state index contributed by atoms with van der Waals surface area (Å²) in [4.78, 5) is 17.1. The normalized spacial score (nSPS) is 20.1. The van der Waals surface area contributed by atoms with Gasteiger partial charge in [-0.2, -0.15) is 4.31 Å². The van der Waals surface area contributed by atoms with Gasteiger partial charge >= 0.3 is 0 Å². The molecule has 2 atom stereocenters. The minimum Gasteiger partial charge on any atom is -0.493 e. The lowest BCUT2D eigenvalue weighted by Gasteiger charge is -2.28. The molecule has 1 saturated heterocycles. The molecule has 0 saturated carbocycles. The van der Waals surface area contributed by atoms with Gasteiger partial charge in [0.15, 0.2) is 16.8 Å². The highest BCUT2D eigenvalue weighted by Gasteiger charge is 2.30. The van der Waals surface area contributed by atoms with Crippen LogP contribution in [0.5, 0.6) is 5.75 Å². The van der Waals surface area contributed by atoms with Crippen molar-refractivity contribution in [2.75, 3.05) is 32.9 Å². The molecule has 10 heteroatoms. The van der Waals surface area contributed by atoms with E-state index in [9.17, 15) is 13.2 Å². The number of Topliss-reactive ketones (excluding diaryl/α,β-unsaturated/α-hetero) is 1. The zero-order chi connectivity index (χ0) is 29.6. The van der Waals surface area contributed by atoms with E-state index < -0.39 is 10.0 Å². The third kappa shape index (κ3) is 5.39. The van der Waals surface area contributed by atoms with Crippen molar-refractivity contribution in [3.05, 3.63) is 65.7 Å². The Morgan fingerprint density at radius 1 is 1.07 bits per heavy atom. The van der Waals surface area contributed by atoms with Crippen molar-refractivity contribution in [3.63, 3.8) is 0 Å². The zero-order valence-electron chi connectivity index (χ0n) is 24.7. The van der Waals surface area contributed by atoms with Crippen molar-refractivity contribution in [2.45, 2.75) is 38.0 Å². The third-order valence-corrected chi connectivity index (χ3v) is 10.8. The van der Waals surface area contributed by atoms with E-state index in [-0.39, 0.29) is 22.5 Å². The number of rotatable bonds is 6. The molecule has 1 N–H and O–H groups in total. The summed E-state index contributed by atoms with van der Waals surface area (Å²) in [6.45, 7) is 6.20. The van der Waals surface area contributed by atoms with Gasteiger partial charge in [-0.1, -0.05) is 13.0 Å². The van der Waals surface area contributed by atoms with Gasteiger partial charge in [-0.3, -0.25) is 4.79 Å². The van der Waals surface area contributed by atoms with E-state index in [4.69, 9.17) is 9.47 Å². The molecule has 0 radical (unpaired) electrons. The van der Waals surface area contributed by atoms with Crippen LogP contribution in [0.1, 0.15) is 41.6 Å². The van der Waals surface area contributed by atoms with Crippen LogP contribution in [0.2, 0.25) is 0 Å². The zero-order valence-corrected chi connectivity index (χ0v) is 25.5. The number of carbonyl (C=O) groups is 1. The highest BCUT2D eigenvalue weighted by atomic mass is 32.2. The molecule has 1 fully saturated rings. The first-order valence-electron chi connectivity index (χ1n) is 14.6. The van der Waals surface area contributed by atoms with Gasteiger partial charge in [0.25, 0.3) is 5.82 Å². The van der Waals surface area contributed by atoms with Crippen molar-refractivity contribution in [2.24, 2.45) is 25.9 Å². The fraction of sp³-hybridized carbons (Fsp3) is 0.438. The second-order valence-corrected chi connectivity index (χ2v) is 13.7. The maximum Gasteiger partial charge on any atom is 0.251 e. The van der Waals surface area contributed by atoms with Crippen LogP contribution in [-0.4, -0.2) is 61.0 Å². The third-order valence-electron chi connectivity index (χ3n) is 8.98. The van der Waals surface area contributed by atoms with E-state index in [2.05, 4.69) is 66.8 Å². The minimum absolute atomic E-state index is 0.0463. The molecule has 9 nitrogen and oxygen atoms in total. The van der Waals surface area contributed by atoms with Gasteiger partial charge in [-0.15, -0.1) is 0 Å². The Bertz CT molecular complexity index is 1750. The Balaban J connectivity index is 1.19. The number of aromatic amines is 1. The second-order valence-electron chi connectivity index (χ2n) is 11.7. The Morgan fingerprint density at radius 2 is 1.81 bits per heavy atom. The summed E-state index contributed by atoms with van der Waals surface area (Å²) < 4.78 is 43.0. The predicted molar refractivity (Wildman–Crippen MR) is 160 cm³/mol. The summed E-state index contributed by atoms with van der Waals surface area (Å²) in [5.74, 6) is 2.32. The first-order chi connectivity index (χ1) is 20.1. The first kappa shape index (κ1) is 28.6. The Morgan fingerprint density at radius 3 is 2.60 bits per heavy atom. The maximum atomic E-state index is 13.5. The van der Waals surface area contributed by atoms with Crippen LogP contribution in [0.15, 0.2) is 53.6 Å². The van der Waals surface area contributed by atoms with Crippen LogP contribution < -0.4 is 9.30 Å². The molecule has 0 bridgehead atoms. The molecule has 2 unspecified atom stereocenters. The van der Waals surface area contributed by atoms with Gasteiger partial charge in [0, 0.05) is 39.7 Å². The lowest BCUT2D eigenvalue weighted by Crippen LogP contribution is -2.40. The number of carbonyl (C=O) groups excluding carboxylic acids is 1. The van der Waals surface area contributed by atoms with Crippen LogP contribution >= 0.6 is 0 Å². The molecule has 4 aromatic rings. The molecule has 2 aromatic carbocycles. The summed E-state index contributed by atoms with van der Waals surface area (Å²) in [5, 5.41) is 0. The van der Waals surface area contributed by atoms with Crippen LogP contribution in [0.25, 0.3) is 22.2 Å². The van der Waals surface area contributed by atoms with E-state index >= 15 is 0 Å². The SMILES string of the molecule is Cc1[nH]c2cc(-c3ccc4c(c3)CC(C)C(CC(=O)c3cc(S(=O)(=O)N5CCOCC5)cn3C)CCO4)ccc2[n+]1C. The van der Waals surface area contributed by atoms with Crippen molar-refractivity contribution in [1.82, 2.24) is 13.9 Å². The molecular weight excluding hydrogens is 552 g/mol. The standard InChI is InChI=1S/C32H38N4O5S/c1-21-15-26-16-24(25-5-7-29-28(17-25)33-22(2)35(29)4)6-8-32(26)41-12-9-23(21)18-31(37)30-19-27(20-34(30)3)42(38,39)36-10-13-40-14-11-36/h5-8,16-17,19-21,23H,9-15,18H2,1-4H3/p+1. The molecule has 0 aliphatic carbocycles. The van der Waals surface area contributed by atoms with Gasteiger partial charge < -0.3 is 14.0 Å². The maximum absolute atomic E-state index is 13.5. The van der Waals surface area contributed by atoms with Gasteiger partial charge in [0.05, 0.1) is 32.6 Å². The molecule has 0 spiro atoms. The number of ether oxygens (including phenoxy) is 2. The van der Waals surface area contributed by atoms with Crippen LogP contribution in [0.3, 0.4) is 0 Å². The van der Waals surface area contributed by atoms with Crippen LogP contribution in [0, 0.1) is 18.8 Å². The second kappa shape index (κ2) is 11.3. The molecule has 222 valence electrons. The fourth-order valence-electron chi connectivity index (χ4n) is 6.28. The Hall–Kier alpha value is -3.47. The molecule has 0 amide bonds. The van der Waals surface area contributed by atoms with Gasteiger partial charge in [-0.05, 0) is 77.8 Å². The number of ketones is 1. The van der Waals surface area contributed by atoms with Gasteiger partial charge in [-0.25, -0.2) is 18.0 Å². The first-order valence-corrected chi connectivity index (χ1v) is 16.1. The average Bonchev–Trinajstić information content (AvgIpc) is 3.51. The summed E-state index contributed by atoms with van der Waals surface area (Å²) in [7, 11) is 0.126. The highest BCUT2D eigenvalue weighted by molar-refractivity contribution is 7.89. The van der Waals surface area contributed by atoms with E-state index in [0.29, 0.717) is 45.0 Å². The number of aryl methyl sites for hydroxylation is 3. The number of benzene rings is 2. The number of hydrogen-bond donors (Lipinski definition) is 1. The van der Waals surface area contributed by atoms with Gasteiger partial charge in [0.2, 0.25) is 10.0 Å². The molecule has 2 aliphatic rings. The summed E-state index contributed by atoms with van der Waals surface area (Å²) in [6.07, 6.45) is 3.45. The van der Waals surface area contributed by atoms with Crippen LogP contribution in [0.4, 0.5) is 0 Å². The monoisotopic (exact) mass is 591 g/mol. The molecule has 2 aromatic heterocycles. The lowest BCUT2D eigenvalue weighted by atomic mass is 9.81. The number of aromatic nitrogens is 3. The lowest BCUT2D eigenvalue weighted by molar-refractivity contribution is -0.651. The molecule has 4 heterocycles. The molecule has 2 aliphatic heterocycles. The number of nitrogens with zero attached hydrogens (tertiary/aromatic N) is 3. The van der Waals surface area contributed by atoms with E-state index in [1.807, 2.05) is 0 Å². The summed E-state index contributed by atoms with van der Waals surface area (Å²) in [6, 6.07) is 14.4. The van der Waals surface area contributed by atoms with Crippen molar-refractivity contribution < 1.29 is 27.3 Å². The number of sulfonamides is 1. The largest absolute Gasteiger partial charge is 0.493 e. The number of nitrogens with one attached hydrogen (secondary N) is 1. The molecule has 42 heavy (non-hydrogen) atoms. The highest BCUT2D eigenvalue weighted by Crippen LogP contribution is 2.35. The molecule has 6 rings (SSSR count). The van der Waals surface area contributed by atoms with Crippen molar-refractivity contribution in [1.29, 1.82) is 0 Å². The summed E-state index contributed by atoms with van der Waals surface area (Å²) in [5.41, 5.74) is 6.10. The number of fused-ring (bicyclic) bond motifs is 2. The Labute approximate surface area is 247 Å². The van der Waals surface area contributed by atoms with E-state index in [0.717, 1.165) is 52.1 Å². The number of morpholine rings is 1. The number of H-pyrrole nitrogens is 1. The molecular formula is C32H39N4O5S+. The number of imidazole rings is 1. The Kier molecular flexibility index (Phi) is 7.72. The van der Waals surface area contributed by atoms with E-state index in [1.54, 1.807) is 17.8 Å².